The molecule has 4 N–H and O–H groups in total. The van der Waals surface area contributed by atoms with Crippen LogP contribution in [0.1, 0.15) is 38.7 Å². The van der Waals surface area contributed by atoms with Gasteiger partial charge in [-0.25, -0.2) is 13.4 Å². The second-order valence-corrected chi connectivity index (χ2v) is 12.9. The zero-order chi connectivity index (χ0) is 28.7. The number of aromatic amines is 2. The van der Waals surface area contributed by atoms with E-state index in [1.54, 1.807) is 18.2 Å². The topological polar surface area (TPSA) is 182 Å². The molecule has 2 atom stereocenters. The summed E-state index contributed by atoms with van der Waals surface area (Å²) in [6.45, 7) is 2.37. The van der Waals surface area contributed by atoms with E-state index in [1.807, 2.05) is 0 Å². The molecule has 2 unspecified atom stereocenters. The highest BCUT2D eigenvalue weighted by molar-refractivity contribution is 7.89. The minimum absolute atomic E-state index is 0.00126. The van der Waals surface area contributed by atoms with Crippen molar-refractivity contribution in [3.8, 4) is 12.3 Å². The number of sulfonamides is 1. The lowest BCUT2D eigenvalue weighted by Gasteiger charge is -2.39. The van der Waals surface area contributed by atoms with Crippen LogP contribution < -0.4 is 10.6 Å². The molecule has 41 heavy (non-hydrogen) atoms. The molecule has 0 saturated carbocycles. The Bertz CT molecular complexity index is 1770. The van der Waals surface area contributed by atoms with Gasteiger partial charge >= 0.3 is 0 Å². The Balaban J connectivity index is 1.27. The minimum Gasteiger partial charge on any atom is -0.347 e. The van der Waals surface area contributed by atoms with E-state index in [0.29, 0.717) is 29.4 Å². The summed E-state index contributed by atoms with van der Waals surface area (Å²) in [5, 5.41) is 20.4. The Hall–Kier alpha value is -4.17. The largest absolute Gasteiger partial charge is 0.347 e. The van der Waals surface area contributed by atoms with Gasteiger partial charge in [-0.05, 0) is 31.2 Å². The first-order valence-corrected chi connectivity index (χ1v) is 15.1. The van der Waals surface area contributed by atoms with Crippen LogP contribution >= 0.6 is 11.3 Å². The van der Waals surface area contributed by atoms with Crippen LogP contribution in [0, 0.1) is 12.3 Å². The van der Waals surface area contributed by atoms with Gasteiger partial charge in [0.15, 0.2) is 10.8 Å². The first kappa shape index (κ1) is 27.0. The van der Waals surface area contributed by atoms with E-state index < -0.39 is 27.9 Å². The number of terminal acetylenes is 1. The molecule has 6 rings (SSSR count). The molecule has 0 aliphatic carbocycles. The van der Waals surface area contributed by atoms with Gasteiger partial charge in [-0.15, -0.1) is 28.0 Å². The molecule has 1 aromatic carbocycles. The molecule has 1 saturated heterocycles. The Labute approximate surface area is 239 Å². The maximum atomic E-state index is 13.7. The molecule has 2 amide bonds. The van der Waals surface area contributed by atoms with E-state index in [0.717, 1.165) is 10.6 Å². The number of H-pyrrole nitrogens is 2. The number of amides is 2. The first-order valence-electron chi connectivity index (χ1n) is 12.9. The number of fused-ring (bicyclic) bond motifs is 2. The molecule has 16 heteroatoms. The fourth-order valence-electron chi connectivity index (χ4n) is 4.98. The highest BCUT2D eigenvalue weighted by atomic mass is 32.2. The molecule has 14 nitrogen and oxygen atoms in total. The summed E-state index contributed by atoms with van der Waals surface area (Å²) in [6, 6.07) is 5.80. The highest BCUT2D eigenvalue weighted by Gasteiger charge is 2.41. The summed E-state index contributed by atoms with van der Waals surface area (Å²) >= 11 is 1.29. The van der Waals surface area contributed by atoms with Crippen LogP contribution in [-0.4, -0.2) is 91.7 Å². The van der Waals surface area contributed by atoms with Gasteiger partial charge in [-0.2, -0.15) is 9.52 Å². The van der Waals surface area contributed by atoms with Crippen LogP contribution in [0.5, 0.6) is 0 Å². The van der Waals surface area contributed by atoms with Gasteiger partial charge in [0.2, 0.25) is 5.91 Å². The number of hydrogen-bond acceptors (Lipinski definition) is 10. The Morgan fingerprint density at radius 2 is 2.12 bits per heavy atom. The smallest absolute Gasteiger partial charge is 0.283 e. The molecule has 4 aromatic rings. The lowest BCUT2D eigenvalue weighted by atomic mass is 10.1. The van der Waals surface area contributed by atoms with E-state index in [2.05, 4.69) is 54.1 Å². The maximum Gasteiger partial charge on any atom is 0.283 e. The van der Waals surface area contributed by atoms with Crippen LogP contribution in [0.25, 0.3) is 10.9 Å². The third-order valence-corrected chi connectivity index (χ3v) is 10.0. The van der Waals surface area contributed by atoms with Gasteiger partial charge in [0.25, 0.3) is 15.9 Å². The number of tetrazole rings is 1. The van der Waals surface area contributed by atoms with E-state index in [-0.39, 0.29) is 48.1 Å². The normalized spacial score (nSPS) is 19.6. The third-order valence-electron chi connectivity index (χ3n) is 7.17. The molecule has 212 valence electrons. The fraction of sp³-hybridized carbons (Fsp3) is 0.360. The van der Waals surface area contributed by atoms with Crippen LogP contribution in [0.3, 0.4) is 0 Å². The zero-order valence-corrected chi connectivity index (χ0v) is 23.5. The highest BCUT2D eigenvalue weighted by Crippen LogP contribution is 2.28. The molecule has 1 fully saturated rings. The summed E-state index contributed by atoms with van der Waals surface area (Å²) in [5.41, 5.74) is 2.11. The van der Waals surface area contributed by atoms with Crippen molar-refractivity contribution >= 4 is 44.1 Å². The van der Waals surface area contributed by atoms with Crippen LogP contribution in [0.4, 0.5) is 0 Å². The minimum atomic E-state index is -4.04. The molecular weight excluding hydrogens is 568 g/mol. The number of aromatic nitrogens is 6. The number of carbonyl (C=O) groups is 2. The first-order chi connectivity index (χ1) is 19.7. The third kappa shape index (κ3) is 5.20. The van der Waals surface area contributed by atoms with Gasteiger partial charge in [-0.1, -0.05) is 11.1 Å². The molecule has 0 bridgehead atoms. The number of nitrogens with one attached hydrogen (secondary N) is 4. The number of nitrogens with zero attached hydrogens (tertiary/aromatic N) is 6. The Morgan fingerprint density at radius 3 is 2.90 bits per heavy atom. The van der Waals surface area contributed by atoms with E-state index >= 15 is 0 Å². The van der Waals surface area contributed by atoms with Gasteiger partial charge in [-0.3, -0.25) is 9.59 Å². The number of rotatable bonds is 6. The second-order valence-electron chi connectivity index (χ2n) is 9.88. The molecule has 0 radical (unpaired) electrons. The number of hydrogen-bond donors (Lipinski definition) is 4. The summed E-state index contributed by atoms with van der Waals surface area (Å²) in [7, 11) is -4.04. The van der Waals surface area contributed by atoms with Crippen molar-refractivity contribution in [1.29, 1.82) is 0 Å². The number of benzene rings is 1. The molecule has 0 spiro atoms. The van der Waals surface area contributed by atoms with Crippen LogP contribution in [0.15, 0.2) is 29.3 Å². The quantitative estimate of drug-likeness (QED) is 0.223. The van der Waals surface area contributed by atoms with Gasteiger partial charge in [0.1, 0.15) is 11.1 Å². The summed E-state index contributed by atoms with van der Waals surface area (Å²) in [6.07, 6.45) is 6.19. The van der Waals surface area contributed by atoms with Crippen molar-refractivity contribution < 1.29 is 18.0 Å². The molecule has 3 aromatic heterocycles. The number of carbonyl (C=O) groups excluding carboxylic acids is 2. The van der Waals surface area contributed by atoms with E-state index in [9.17, 15) is 18.0 Å². The van der Waals surface area contributed by atoms with Gasteiger partial charge in [0.05, 0.1) is 12.2 Å². The van der Waals surface area contributed by atoms with Gasteiger partial charge in [0, 0.05) is 60.0 Å². The van der Waals surface area contributed by atoms with E-state index in [1.165, 1.54) is 26.6 Å². The summed E-state index contributed by atoms with van der Waals surface area (Å²) in [5.74, 6) is 1.82. The van der Waals surface area contributed by atoms with Crippen LogP contribution in [-0.2, 0) is 34.3 Å². The SMILES string of the molecule is C#Cc1ccc2[nH]c(S(=O)(=O)N3CCN(C(=O)c4nc5c(s4)CNC(C)C5)C(C(=O)NCc4nn[nH]n4)C3)cc2c1. The van der Waals surface area contributed by atoms with Crippen molar-refractivity contribution in [3.63, 3.8) is 0 Å². The Morgan fingerprint density at radius 1 is 1.27 bits per heavy atom. The van der Waals surface area contributed by atoms with Crippen molar-refractivity contribution in [2.45, 2.75) is 43.5 Å². The standard InChI is InChI=1S/C25H26N10O4S2/c1-3-15-4-5-17-16(9-15)10-22(28-17)41(38,39)34-6-7-35(19(13-34)23(36)27-12-21-30-32-33-31-21)25(37)24-29-18-8-14(2)26-11-20(18)40-24/h1,4-5,9-10,14,19,26,28H,6-8,11-13H2,2H3,(H,27,36)(H,30,31,32,33). The van der Waals surface area contributed by atoms with Gasteiger partial charge < -0.3 is 20.5 Å². The number of piperazine rings is 1. The second kappa shape index (κ2) is 10.7. The lowest BCUT2D eigenvalue weighted by molar-refractivity contribution is -0.127. The Kier molecular flexibility index (Phi) is 7.03. The van der Waals surface area contributed by atoms with Crippen molar-refractivity contribution in [2.75, 3.05) is 19.6 Å². The maximum absolute atomic E-state index is 13.7. The summed E-state index contributed by atoms with van der Waals surface area (Å²) < 4.78 is 28.6. The predicted octanol–water partition coefficient (Wildman–Crippen LogP) is -0.0153. The molecule has 2 aliphatic heterocycles. The molecular formula is C25H26N10O4S2. The van der Waals surface area contributed by atoms with E-state index in [4.69, 9.17) is 6.42 Å². The lowest BCUT2D eigenvalue weighted by Crippen LogP contribution is -2.61. The number of thiazole rings is 1. The van der Waals surface area contributed by atoms with Crippen LogP contribution in [0.2, 0.25) is 0 Å². The van der Waals surface area contributed by atoms with Crippen molar-refractivity contribution in [1.82, 2.24) is 50.4 Å². The predicted molar refractivity (Wildman–Crippen MR) is 148 cm³/mol. The fourth-order valence-corrected chi connectivity index (χ4v) is 7.43. The monoisotopic (exact) mass is 594 g/mol. The zero-order valence-electron chi connectivity index (χ0n) is 21.9. The molecule has 5 heterocycles. The average Bonchev–Trinajstić information content (AvgIpc) is 3.74. The van der Waals surface area contributed by atoms with Crippen molar-refractivity contribution in [2.24, 2.45) is 0 Å². The average molecular weight is 595 g/mol. The van der Waals surface area contributed by atoms with Crippen molar-refractivity contribution in [3.05, 3.63) is 51.2 Å². The summed E-state index contributed by atoms with van der Waals surface area (Å²) in [4.78, 5) is 37.0. The molecule has 2 aliphatic rings.